The van der Waals surface area contributed by atoms with Gasteiger partial charge in [0.2, 0.25) is 0 Å². The molecule has 0 bridgehead atoms. The van der Waals surface area contributed by atoms with Gasteiger partial charge in [0.05, 0.1) is 12.1 Å². The van der Waals surface area contributed by atoms with Crippen LogP contribution in [0.25, 0.3) is 0 Å². The molecule has 0 radical (unpaired) electrons. The lowest BCUT2D eigenvalue weighted by Gasteiger charge is -2.24. The summed E-state index contributed by atoms with van der Waals surface area (Å²) in [5.74, 6) is -1.03. The Labute approximate surface area is 103 Å². The SMILES string of the molecule is O=C(O)CC1CCCN1c1ccc([N+](=O)[O-])nc1. The highest BCUT2D eigenvalue weighted by Crippen LogP contribution is 2.27. The first-order valence-corrected chi connectivity index (χ1v) is 5.67. The summed E-state index contributed by atoms with van der Waals surface area (Å²) in [6.07, 6.45) is 3.26. The van der Waals surface area contributed by atoms with E-state index in [9.17, 15) is 14.9 Å². The van der Waals surface area contributed by atoms with Crippen molar-refractivity contribution in [1.82, 2.24) is 4.98 Å². The third kappa shape index (κ3) is 2.55. The summed E-state index contributed by atoms with van der Waals surface area (Å²) in [6, 6.07) is 2.90. The fourth-order valence-electron chi connectivity index (χ4n) is 2.25. The average molecular weight is 251 g/mol. The first-order chi connectivity index (χ1) is 8.58. The Morgan fingerprint density at radius 3 is 2.94 bits per heavy atom. The molecule has 96 valence electrons. The Kier molecular flexibility index (Phi) is 3.40. The van der Waals surface area contributed by atoms with Crippen molar-refractivity contribution < 1.29 is 14.8 Å². The van der Waals surface area contributed by atoms with Gasteiger partial charge in [-0.05, 0) is 28.8 Å². The van der Waals surface area contributed by atoms with Crippen molar-refractivity contribution >= 4 is 17.5 Å². The van der Waals surface area contributed by atoms with Crippen LogP contribution < -0.4 is 4.90 Å². The van der Waals surface area contributed by atoms with E-state index in [0.717, 1.165) is 25.1 Å². The van der Waals surface area contributed by atoms with Crippen LogP contribution in [0.3, 0.4) is 0 Å². The molecule has 1 atom stereocenters. The molecular formula is C11H13N3O4. The maximum Gasteiger partial charge on any atom is 0.363 e. The van der Waals surface area contributed by atoms with E-state index < -0.39 is 10.9 Å². The zero-order valence-corrected chi connectivity index (χ0v) is 9.65. The standard InChI is InChI=1S/C11H13N3O4/c15-11(16)6-8-2-1-5-13(8)9-3-4-10(12-7-9)14(17)18/h3-4,7-8H,1-2,5-6H2,(H,15,16). The van der Waals surface area contributed by atoms with Crippen LogP contribution in [0.2, 0.25) is 0 Å². The molecule has 7 heteroatoms. The van der Waals surface area contributed by atoms with E-state index in [2.05, 4.69) is 4.98 Å². The molecule has 0 saturated carbocycles. The van der Waals surface area contributed by atoms with Crippen molar-refractivity contribution in [3.63, 3.8) is 0 Å². The molecule has 2 rings (SSSR count). The van der Waals surface area contributed by atoms with Gasteiger partial charge in [-0.1, -0.05) is 0 Å². The molecule has 7 nitrogen and oxygen atoms in total. The van der Waals surface area contributed by atoms with E-state index in [-0.39, 0.29) is 18.3 Å². The smallest absolute Gasteiger partial charge is 0.363 e. The van der Waals surface area contributed by atoms with Crippen LogP contribution in [0, 0.1) is 10.1 Å². The van der Waals surface area contributed by atoms with Gasteiger partial charge in [-0.2, -0.15) is 0 Å². The normalized spacial score (nSPS) is 18.9. The average Bonchev–Trinajstić information content (AvgIpc) is 2.76. The second kappa shape index (κ2) is 4.99. The van der Waals surface area contributed by atoms with Crippen molar-refractivity contribution in [3.05, 3.63) is 28.4 Å². The Bertz CT molecular complexity index is 460. The van der Waals surface area contributed by atoms with Crippen molar-refractivity contribution in [2.75, 3.05) is 11.4 Å². The number of hydrogen-bond acceptors (Lipinski definition) is 5. The number of anilines is 1. The van der Waals surface area contributed by atoms with Gasteiger partial charge in [-0.25, -0.2) is 0 Å². The van der Waals surface area contributed by atoms with Crippen molar-refractivity contribution in [3.8, 4) is 0 Å². The van der Waals surface area contributed by atoms with Gasteiger partial charge in [0.15, 0.2) is 6.20 Å². The lowest BCUT2D eigenvalue weighted by atomic mass is 10.1. The minimum Gasteiger partial charge on any atom is -0.481 e. The zero-order chi connectivity index (χ0) is 13.1. The molecule has 0 aromatic carbocycles. The fourth-order valence-corrected chi connectivity index (χ4v) is 2.25. The molecule has 1 N–H and O–H groups in total. The number of aliphatic carboxylic acids is 1. The van der Waals surface area contributed by atoms with Crippen molar-refractivity contribution in [2.45, 2.75) is 25.3 Å². The van der Waals surface area contributed by atoms with Gasteiger partial charge >= 0.3 is 11.8 Å². The largest absolute Gasteiger partial charge is 0.481 e. The van der Waals surface area contributed by atoms with Crippen LogP contribution in [0.15, 0.2) is 18.3 Å². The highest BCUT2D eigenvalue weighted by atomic mass is 16.6. The fraction of sp³-hybridized carbons (Fsp3) is 0.455. The third-order valence-electron chi connectivity index (χ3n) is 3.04. The quantitative estimate of drug-likeness (QED) is 0.642. The number of hydrogen-bond donors (Lipinski definition) is 1. The Hall–Kier alpha value is -2.18. The number of carboxylic acid groups (broad SMARTS) is 1. The summed E-state index contributed by atoms with van der Waals surface area (Å²) in [6.45, 7) is 0.761. The van der Waals surface area contributed by atoms with Crippen LogP contribution in [0.1, 0.15) is 19.3 Å². The molecule has 1 fully saturated rings. The van der Waals surface area contributed by atoms with Gasteiger partial charge in [0.1, 0.15) is 0 Å². The van der Waals surface area contributed by atoms with Crippen LogP contribution in [0.5, 0.6) is 0 Å². The second-order valence-electron chi connectivity index (χ2n) is 4.22. The second-order valence-corrected chi connectivity index (χ2v) is 4.22. The molecule has 18 heavy (non-hydrogen) atoms. The summed E-state index contributed by atoms with van der Waals surface area (Å²) < 4.78 is 0. The molecule has 1 aromatic heterocycles. The topological polar surface area (TPSA) is 96.6 Å². The Morgan fingerprint density at radius 1 is 1.61 bits per heavy atom. The molecule has 1 saturated heterocycles. The number of nitro groups is 1. The zero-order valence-electron chi connectivity index (χ0n) is 9.65. The maximum atomic E-state index is 10.7. The van der Waals surface area contributed by atoms with E-state index in [1.54, 1.807) is 6.07 Å². The maximum absolute atomic E-state index is 10.7. The Morgan fingerprint density at radius 2 is 2.39 bits per heavy atom. The summed E-state index contributed by atoms with van der Waals surface area (Å²) in [5.41, 5.74) is 0.740. The number of rotatable bonds is 4. The van der Waals surface area contributed by atoms with E-state index in [4.69, 9.17) is 5.11 Å². The lowest BCUT2D eigenvalue weighted by Crippen LogP contribution is -2.31. The summed E-state index contributed by atoms with van der Waals surface area (Å²) in [5, 5.41) is 19.3. The van der Waals surface area contributed by atoms with Crippen molar-refractivity contribution in [1.29, 1.82) is 0 Å². The number of aromatic nitrogens is 1. The first kappa shape index (κ1) is 12.3. The summed E-state index contributed by atoms with van der Waals surface area (Å²) >= 11 is 0. The van der Waals surface area contributed by atoms with Crippen LogP contribution in [-0.4, -0.2) is 33.6 Å². The molecule has 0 aliphatic carbocycles. The molecule has 2 heterocycles. The van der Waals surface area contributed by atoms with Crippen LogP contribution in [-0.2, 0) is 4.79 Å². The summed E-state index contributed by atoms with van der Waals surface area (Å²) in [4.78, 5) is 26.4. The third-order valence-corrected chi connectivity index (χ3v) is 3.04. The number of carbonyl (C=O) groups is 1. The van der Waals surface area contributed by atoms with Gasteiger partial charge in [-0.15, -0.1) is 0 Å². The molecule has 1 aromatic rings. The van der Waals surface area contributed by atoms with Gasteiger partial charge in [-0.3, -0.25) is 4.79 Å². The van der Waals surface area contributed by atoms with Gasteiger partial charge in [0, 0.05) is 18.7 Å². The predicted octanol–water partition coefficient (Wildman–Crippen LogP) is 1.43. The van der Waals surface area contributed by atoms with Gasteiger partial charge < -0.3 is 20.1 Å². The minimum atomic E-state index is -0.832. The number of carboxylic acids is 1. The van der Waals surface area contributed by atoms with E-state index in [1.807, 2.05) is 4.90 Å². The predicted molar refractivity (Wildman–Crippen MR) is 63.5 cm³/mol. The summed E-state index contributed by atoms with van der Waals surface area (Å²) in [7, 11) is 0. The van der Waals surface area contributed by atoms with Crippen LogP contribution >= 0.6 is 0 Å². The van der Waals surface area contributed by atoms with Gasteiger partial charge in [0.25, 0.3) is 0 Å². The lowest BCUT2D eigenvalue weighted by molar-refractivity contribution is -0.389. The minimum absolute atomic E-state index is 0.0502. The molecule has 1 aliphatic rings. The molecule has 0 amide bonds. The van der Waals surface area contributed by atoms with Crippen LogP contribution in [0.4, 0.5) is 11.5 Å². The molecule has 1 aliphatic heterocycles. The monoisotopic (exact) mass is 251 g/mol. The van der Waals surface area contributed by atoms with E-state index >= 15 is 0 Å². The molecule has 0 spiro atoms. The van der Waals surface area contributed by atoms with E-state index in [0.29, 0.717) is 0 Å². The molecule has 1 unspecified atom stereocenters. The highest BCUT2D eigenvalue weighted by molar-refractivity contribution is 5.68. The Balaban J connectivity index is 2.14. The van der Waals surface area contributed by atoms with Crippen molar-refractivity contribution in [2.24, 2.45) is 0 Å². The number of pyridine rings is 1. The van der Waals surface area contributed by atoms with E-state index in [1.165, 1.54) is 12.3 Å². The molecular weight excluding hydrogens is 238 g/mol. The number of nitrogens with zero attached hydrogens (tertiary/aromatic N) is 3. The highest BCUT2D eigenvalue weighted by Gasteiger charge is 2.27. The first-order valence-electron chi connectivity index (χ1n) is 5.67.